The van der Waals surface area contributed by atoms with Gasteiger partial charge in [0.2, 0.25) is 0 Å². The molecule has 0 heterocycles. The molecule has 90 valence electrons. The second-order valence-corrected chi connectivity index (χ2v) is 3.98. The quantitative estimate of drug-likeness (QED) is 0.774. The number of ether oxygens (including phenoxy) is 1. The average Bonchev–Trinajstić information content (AvgIpc) is 2.30. The molecule has 0 unspecified atom stereocenters. The summed E-state index contributed by atoms with van der Waals surface area (Å²) in [7, 11) is 1.57. The maximum Gasteiger partial charge on any atom is 0.139 e. The lowest BCUT2D eigenvalue weighted by Crippen LogP contribution is -2.21. The minimum atomic E-state index is 0.442. The summed E-state index contributed by atoms with van der Waals surface area (Å²) in [6.45, 7) is 4.71. The summed E-state index contributed by atoms with van der Waals surface area (Å²) >= 11 is 12.1. The zero-order chi connectivity index (χ0) is 12.0. The van der Waals surface area contributed by atoms with Crippen molar-refractivity contribution in [2.75, 3.05) is 32.1 Å². The molecular formula is C11H16Cl2N2O. The maximum absolute atomic E-state index is 6.10. The minimum absolute atomic E-state index is 0.442. The van der Waals surface area contributed by atoms with Crippen LogP contribution in [0.2, 0.25) is 10.0 Å². The molecule has 0 saturated carbocycles. The highest BCUT2D eigenvalue weighted by Crippen LogP contribution is 2.37. The SMILES string of the molecule is CCNCCNc1ccc(OC)c(Cl)c1Cl. The predicted molar refractivity (Wildman–Crippen MR) is 70.0 cm³/mol. The molecule has 0 fully saturated rings. The summed E-state index contributed by atoms with van der Waals surface area (Å²) in [5.41, 5.74) is 0.824. The van der Waals surface area contributed by atoms with Gasteiger partial charge >= 0.3 is 0 Å². The van der Waals surface area contributed by atoms with Crippen LogP contribution in [-0.4, -0.2) is 26.7 Å². The number of nitrogens with one attached hydrogen (secondary N) is 2. The van der Waals surface area contributed by atoms with E-state index in [1.54, 1.807) is 13.2 Å². The lowest BCUT2D eigenvalue weighted by atomic mass is 10.3. The van der Waals surface area contributed by atoms with Crippen LogP contribution in [0, 0.1) is 0 Å². The maximum atomic E-state index is 6.10. The van der Waals surface area contributed by atoms with E-state index >= 15 is 0 Å². The van der Waals surface area contributed by atoms with Gasteiger partial charge in [0, 0.05) is 13.1 Å². The van der Waals surface area contributed by atoms with Crippen LogP contribution >= 0.6 is 23.2 Å². The summed E-state index contributed by atoms with van der Waals surface area (Å²) in [5, 5.41) is 7.36. The molecular weight excluding hydrogens is 247 g/mol. The van der Waals surface area contributed by atoms with Crippen LogP contribution in [0.15, 0.2) is 12.1 Å². The average molecular weight is 263 g/mol. The van der Waals surface area contributed by atoms with Gasteiger partial charge in [-0.05, 0) is 18.7 Å². The number of methoxy groups -OCH3 is 1. The Hall–Kier alpha value is -0.640. The number of likely N-dealkylation sites (N-methyl/N-ethyl adjacent to an activating group) is 1. The monoisotopic (exact) mass is 262 g/mol. The highest BCUT2D eigenvalue weighted by molar-refractivity contribution is 6.44. The molecule has 1 aromatic rings. The molecule has 1 aromatic carbocycles. The molecule has 0 aliphatic rings. The first kappa shape index (κ1) is 13.4. The van der Waals surface area contributed by atoms with E-state index in [0.29, 0.717) is 15.8 Å². The van der Waals surface area contributed by atoms with Crippen molar-refractivity contribution in [1.29, 1.82) is 0 Å². The van der Waals surface area contributed by atoms with E-state index in [9.17, 15) is 0 Å². The van der Waals surface area contributed by atoms with Crippen LogP contribution in [0.5, 0.6) is 5.75 Å². The zero-order valence-electron chi connectivity index (χ0n) is 9.44. The largest absolute Gasteiger partial charge is 0.495 e. The topological polar surface area (TPSA) is 33.3 Å². The van der Waals surface area contributed by atoms with Crippen LogP contribution in [0.4, 0.5) is 5.69 Å². The summed E-state index contributed by atoms with van der Waals surface area (Å²) < 4.78 is 5.07. The van der Waals surface area contributed by atoms with Gasteiger partial charge in [-0.25, -0.2) is 0 Å². The number of hydrogen-bond acceptors (Lipinski definition) is 3. The lowest BCUT2D eigenvalue weighted by Gasteiger charge is -2.11. The molecule has 0 radical (unpaired) electrons. The Kier molecular flexibility index (Phi) is 5.74. The highest BCUT2D eigenvalue weighted by Gasteiger charge is 2.09. The molecule has 0 spiro atoms. The summed E-state index contributed by atoms with van der Waals surface area (Å²) in [6, 6.07) is 3.66. The number of benzene rings is 1. The van der Waals surface area contributed by atoms with Gasteiger partial charge in [-0.15, -0.1) is 0 Å². The van der Waals surface area contributed by atoms with Crippen LogP contribution in [0.1, 0.15) is 6.92 Å². The Bertz CT molecular complexity index is 345. The molecule has 0 atom stereocenters. The molecule has 0 aromatic heterocycles. The molecule has 3 nitrogen and oxygen atoms in total. The van der Waals surface area contributed by atoms with E-state index in [1.807, 2.05) is 6.07 Å². The van der Waals surface area contributed by atoms with E-state index in [1.165, 1.54) is 0 Å². The fourth-order valence-electron chi connectivity index (χ4n) is 1.29. The van der Waals surface area contributed by atoms with E-state index in [2.05, 4.69) is 17.6 Å². The van der Waals surface area contributed by atoms with E-state index in [0.717, 1.165) is 25.3 Å². The first-order chi connectivity index (χ1) is 7.70. The zero-order valence-corrected chi connectivity index (χ0v) is 11.0. The van der Waals surface area contributed by atoms with E-state index < -0.39 is 0 Å². The minimum Gasteiger partial charge on any atom is -0.495 e. The molecule has 16 heavy (non-hydrogen) atoms. The van der Waals surface area contributed by atoms with Crippen molar-refractivity contribution in [3.8, 4) is 5.75 Å². The third-order valence-corrected chi connectivity index (χ3v) is 3.00. The summed E-state index contributed by atoms with van der Waals surface area (Å²) in [4.78, 5) is 0. The predicted octanol–water partition coefficient (Wildman–Crippen LogP) is 3.02. The molecule has 2 N–H and O–H groups in total. The normalized spacial score (nSPS) is 10.2. The Morgan fingerprint density at radius 3 is 2.56 bits per heavy atom. The van der Waals surface area contributed by atoms with Crippen LogP contribution < -0.4 is 15.4 Å². The van der Waals surface area contributed by atoms with Gasteiger partial charge in [0.15, 0.2) is 0 Å². The molecule has 0 bridgehead atoms. The number of hydrogen-bond donors (Lipinski definition) is 2. The fraction of sp³-hybridized carbons (Fsp3) is 0.455. The van der Waals surface area contributed by atoms with Gasteiger partial charge in [0.1, 0.15) is 10.8 Å². The smallest absolute Gasteiger partial charge is 0.139 e. The van der Waals surface area contributed by atoms with Gasteiger partial charge < -0.3 is 15.4 Å². The first-order valence-electron chi connectivity index (χ1n) is 5.17. The van der Waals surface area contributed by atoms with Crippen LogP contribution in [-0.2, 0) is 0 Å². The molecule has 0 saturated heterocycles. The van der Waals surface area contributed by atoms with Crippen molar-refractivity contribution in [3.05, 3.63) is 22.2 Å². The van der Waals surface area contributed by atoms with Crippen LogP contribution in [0.25, 0.3) is 0 Å². The standard InChI is InChI=1S/C11H16Cl2N2O/c1-3-14-6-7-15-8-4-5-9(16-2)11(13)10(8)12/h4-5,14-15H,3,6-7H2,1-2H3. The fourth-order valence-corrected chi connectivity index (χ4v) is 1.75. The van der Waals surface area contributed by atoms with E-state index in [-0.39, 0.29) is 0 Å². The van der Waals surface area contributed by atoms with Gasteiger partial charge in [-0.2, -0.15) is 0 Å². The van der Waals surface area contributed by atoms with Crippen molar-refractivity contribution in [1.82, 2.24) is 5.32 Å². The summed E-state index contributed by atoms with van der Waals surface area (Å²) in [6.07, 6.45) is 0. The second-order valence-electron chi connectivity index (χ2n) is 3.22. The van der Waals surface area contributed by atoms with Crippen LogP contribution in [0.3, 0.4) is 0 Å². The third kappa shape index (κ3) is 3.44. The second kappa shape index (κ2) is 6.84. The van der Waals surface area contributed by atoms with E-state index in [4.69, 9.17) is 27.9 Å². The van der Waals surface area contributed by atoms with Crippen molar-refractivity contribution in [2.24, 2.45) is 0 Å². The van der Waals surface area contributed by atoms with Gasteiger partial charge in [-0.3, -0.25) is 0 Å². The third-order valence-electron chi connectivity index (χ3n) is 2.13. The molecule has 0 aliphatic carbocycles. The lowest BCUT2D eigenvalue weighted by molar-refractivity contribution is 0.415. The highest BCUT2D eigenvalue weighted by atomic mass is 35.5. The molecule has 0 aliphatic heterocycles. The molecule has 5 heteroatoms. The number of rotatable bonds is 6. The first-order valence-corrected chi connectivity index (χ1v) is 5.92. The summed E-state index contributed by atoms with van der Waals surface area (Å²) in [5.74, 6) is 0.587. The van der Waals surface area contributed by atoms with Gasteiger partial charge in [-0.1, -0.05) is 30.1 Å². The van der Waals surface area contributed by atoms with Crippen molar-refractivity contribution in [2.45, 2.75) is 6.92 Å². The Balaban J connectivity index is 2.64. The van der Waals surface area contributed by atoms with Crippen molar-refractivity contribution >= 4 is 28.9 Å². The van der Waals surface area contributed by atoms with Gasteiger partial charge in [0.25, 0.3) is 0 Å². The number of anilines is 1. The number of halogens is 2. The Labute approximate surface area is 106 Å². The Morgan fingerprint density at radius 1 is 1.19 bits per heavy atom. The molecule has 0 amide bonds. The Morgan fingerprint density at radius 2 is 1.94 bits per heavy atom. The van der Waals surface area contributed by atoms with Crippen molar-refractivity contribution < 1.29 is 4.74 Å². The van der Waals surface area contributed by atoms with Crippen molar-refractivity contribution in [3.63, 3.8) is 0 Å². The van der Waals surface area contributed by atoms with Gasteiger partial charge in [0.05, 0.1) is 17.8 Å². The molecule has 1 rings (SSSR count).